The summed E-state index contributed by atoms with van der Waals surface area (Å²) < 4.78 is 40.7. The van der Waals surface area contributed by atoms with Gasteiger partial charge in [0.15, 0.2) is 11.6 Å². The van der Waals surface area contributed by atoms with Crippen molar-refractivity contribution < 1.29 is 22.8 Å². The van der Waals surface area contributed by atoms with Gasteiger partial charge >= 0.3 is 0 Å². The number of halogens is 3. The van der Waals surface area contributed by atoms with Crippen LogP contribution in [0.25, 0.3) is 0 Å². The zero-order chi connectivity index (χ0) is 22.8. The zero-order valence-corrected chi connectivity index (χ0v) is 17.5. The van der Waals surface area contributed by atoms with E-state index < -0.39 is 23.5 Å². The molecule has 7 nitrogen and oxygen atoms in total. The molecule has 0 spiro atoms. The van der Waals surface area contributed by atoms with Crippen molar-refractivity contribution >= 4 is 11.8 Å². The van der Waals surface area contributed by atoms with Crippen LogP contribution in [0.2, 0.25) is 0 Å². The molecule has 32 heavy (non-hydrogen) atoms. The van der Waals surface area contributed by atoms with Gasteiger partial charge in [-0.05, 0) is 49.7 Å². The van der Waals surface area contributed by atoms with Gasteiger partial charge in [0.25, 0.3) is 0 Å². The minimum atomic E-state index is -1.22. The third-order valence-corrected chi connectivity index (χ3v) is 6.55. The average molecular weight is 449 g/mol. The first kappa shape index (κ1) is 22.3. The lowest BCUT2D eigenvalue weighted by Gasteiger charge is -2.41. The molecule has 10 heteroatoms. The molecular weight excluding hydrogens is 423 g/mol. The fourth-order valence-corrected chi connectivity index (χ4v) is 5.00. The van der Waals surface area contributed by atoms with Gasteiger partial charge in [-0.25, -0.2) is 18.2 Å². The molecule has 2 bridgehead atoms. The Balaban J connectivity index is 1.31. The van der Waals surface area contributed by atoms with Crippen LogP contribution in [0.3, 0.4) is 0 Å². The molecule has 2 amide bonds. The second-order valence-corrected chi connectivity index (χ2v) is 8.67. The van der Waals surface area contributed by atoms with Gasteiger partial charge in [0.1, 0.15) is 5.82 Å². The second-order valence-electron chi connectivity index (χ2n) is 8.67. The molecule has 2 aliphatic rings. The second kappa shape index (κ2) is 9.32. The number of nitrogens with two attached hydrogens (primary N) is 1. The molecule has 172 valence electrons. The first-order valence-corrected chi connectivity index (χ1v) is 10.8. The lowest BCUT2D eigenvalue weighted by molar-refractivity contribution is -0.137. The topological polar surface area (TPSA) is 104 Å². The van der Waals surface area contributed by atoms with Crippen LogP contribution in [0.1, 0.15) is 36.9 Å². The number of aromatic nitrogens is 2. The number of nitrogens with zero attached hydrogens (tertiary/aromatic N) is 2. The van der Waals surface area contributed by atoms with Crippen LogP contribution in [-0.2, 0) is 22.4 Å². The van der Waals surface area contributed by atoms with Gasteiger partial charge in [0.2, 0.25) is 11.8 Å². The van der Waals surface area contributed by atoms with Crippen LogP contribution >= 0.6 is 0 Å². The predicted octanol–water partition coefficient (Wildman–Crippen LogP) is 1.83. The summed E-state index contributed by atoms with van der Waals surface area (Å²) in [6.45, 7) is -0.0727. The minimum Gasteiger partial charge on any atom is -0.348 e. The summed E-state index contributed by atoms with van der Waals surface area (Å²) in [6, 6.07) is 1.00. The number of amides is 2. The number of aromatic amines is 1. The monoisotopic (exact) mass is 449 g/mol. The number of carbonyl (C=O) groups excluding carboxylic acids is 2. The van der Waals surface area contributed by atoms with Crippen molar-refractivity contribution in [3.63, 3.8) is 0 Å². The van der Waals surface area contributed by atoms with Crippen molar-refractivity contribution in [3.8, 4) is 0 Å². The van der Waals surface area contributed by atoms with Crippen molar-refractivity contribution in [2.24, 2.45) is 11.7 Å². The van der Waals surface area contributed by atoms with Gasteiger partial charge in [-0.3, -0.25) is 9.59 Å². The fourth-order valence-electron chi connectivity index (χ4n) is 5.00. The zero-order valence-electron chi connectivity index (χ0n) is 17.5. The van der Waals surface area contributed by atoms with E-state index in [4.69, 9.17) is 5.73 Å². The molecule has 2 saturated heterocycles. The van der Waals surface area contributed by atoms with Crippen LogP contribution < -0.4 is 11.1 Å². The number of carbonyl (C=O) groups is 2. The maximum Gasteiger partial charge on any atom is 0.242 e. The summed E-state index contributed by atoms with van der Waals surface area (Å²) >= 11 is 0. The quantitative estimate of drug-likeness (QED) is 0.561. The lowest BCUT2D eigenvalue weighted by atomic mass is 9.82. The summed E-state index contributed by atoms with van der Waals surface area (Å²) in [4.78, 5) is 33.4. The third kappa shape index (κ3) is 4.79. The number of rotatable bonds is 7. The van der Waals surface area contributed by atoms with Gasteiger partial charge < -0.3 is 20.9 Å². The molecule has 4 rings (SSSR count). The van der Waals surface area contributed by atoms with E-state index in [1.807, 2.05) is 4.90 Å². The van der Waals surface area contributed by atoms with Gasteiger partial charge in [-0.2, -0.15) is 0 Å². The van der Waals surface area contributed by atoms with Crippen LogP contribution in [0.5, 0.6) is 0 Å². The molecule has 3 unspecified atom stereocenters. The first-order chi connectivity index (χ1) is 15.3. The molecule has 0 radical (unpaired) electrons. The number of piperidine rings is 1. The fraction of sp³-hybridized carbons (Fsp3) is 0.500. The highest BCUT2D eigenvalue weighted by Gasteiger charge is 2.44. The van der Waals surface area contributed by atoms with Crippen LogP contribution in [-0.4, -0.2) is 51.4 Å². The summed E-state index contributed by atoms with van der Waals surface area (Å²) in [5.41, 5.74) is 7.05. The molecule has 2 aromatic rings. The summed E-state index contributed by atoms with van der Waals surface area (Å²) in [5.74, 6) is -3.47. The van der Waals surface area contributed by atoms with Crippen LogP contribution in [0.15, 0.2) is 24.7 Å². The number of benzene rings is 1. The lowest BCUT2D eigenvalue weighted by Crippen LogP contribution is -2.52. The molecule has 0 aliphatic carbocycles. The number of hydrogen-bond acceptors (Lipinski definition) is 4. The molecule has 1 aromatic carbocycles. The minimum absolute atomic E-state index is 0.0107. The van der Waals surface area contributed by atoms with E-state index in [1.54, 1.807) is 6.20 Å². The predicted molar refractivity (Wildman–Crippen MR) is 110 cm³/mol. The Bertz CT molecular complexity index is 970. The normalized spacial score (nSPS) is 23.2. The van der Waals surface area contributed by atoms with Gasteiger partial charge in [-0.1, -0.05) is 0 Å². The van der Waals surface area contributed by atoms with Crippen molar-refractivity contribution in [1.82, 2.24) is 20.2 Å². The molecular formula is C22H26F3N5O2. The summed E-state index contributed by atoms with van der Waals surface area (Å²) in [7, 11) is 0. The Labute approximate surface area is 183 Å². The number of nitrogens with one attached hydrogen (secondary N) is 2. The highest BCUT2D eigenvalue weighted by Crippen LogP contribution is 2.40. The van der Waals surface area contributed by atoms with E-state index in [0.717, 1.165) is 18.9 Å². The largest absolute Gasteiger partial charge is 0.348 e. The molecule has 2 aliphatic heterocycles. The molecule has 3 atom stereocenters. The van der Waals surface area contributed by atoms with Crippen molar-refractivity contribution in [2.75, 3.05) is 6.54 Å². The van der Waals surface area contributed by atoms with E-state index >= 15 is 0 Å². The number of hydrogen-bond donors (Lipinski definition) is 3. The SMILES string of the molecule is NC(Cc1cc(F)c(F)cc1F)C1CC2CCC(C1)N2C(=O)CNC(=O)Cc1cnc[nH]1. The Hall–Kier alpha value is -2.88. The molecule has 2 fully saturated rings. The van der Waals surface area contributed by atoms with Crippen molar-refractivity contribution in [3.05, 3.63) is 53.4 Å². The summed E-state index contributed by atoms with van der Waals surface area (Å²) in [5, 5.41) is 2.66. The van der Waals surface area contributed by atoms with E-state index in [1.165, 1.54) is 6.33 Å². The van der Waals surface area contributed by atoms with Gasteiger partial charge in [0, 0.05) is 36.1 Å². The van der Waals surface area contributed by atoms with Crippen LogP contribution in [0.4, 0.5) is 13.2 Å². The van der Waals surface area contributed by atoms with E-state index in [0.29, 0.717) is 24.6 Å². The highest BCUT2D eigenvalue weighted by atomic mass is 19.2. The number of fused-ring (bicyclic) bond motifs is 2. The summed E-state index contributed by atoms with van der Waals surface area (Å²) in [6.07, 6.45) is 6.29. The Morgan fingerprint density at radius 2 is 1.84 bits per heavy atom. The Morgan fingerprint density at radius 3 is 2.50 bits per heavy atom. The van der Waals surface area contributed by atoms with Crippen molar-refractivity contribution in [1.29, 1.82) is 0 Å². The Morgan fingerprint density at radius 1 is 1.16 bits per heavy atom. The number of imidazole rings is 1. The maximum atomic E-state index is 14.0. The molecule has 0 saturated carbocycles. The maximum absolute atomic E-state index is 14.0. The smallest absolute Gasteiger partial charge is 0.242 e. The molecule has 4 N–H and O–H groups in total. The number of H-pyrrole nitrogens is 1. The molecule has 1 aromatic heterocycles. The first-order valence-electron chi connectivity index (χ1n) is 10.8. The third-order valence-electron chi connectivity index (χ3n) is 6.55. The standard InChI is InChI=1S/C22H26F3N5O2/c23-17-8-19(25)18(24)5-12(17)6-20(26)13-3-15-1-2-16(4-13)30(15)22(32)10-28-21(31)7-14-9-27-11-29-14/h5,8-9,11,13,15-16,20H,1-4,6-7,10,26H2,(H,27,29)(H,28,31). The Kier molecular flexibility index (Phi) is 6.50. The molecule has 3 heterocycles. The van der Waals surface area contributed by atoms with Gasteiger partial charge in [-0.15, -0.1) is 0 Å². The van der Waals surface area contributed by atoms with Crippen LogP contribution in [0, 0.1) is 23.4 Å². The van der Waals surface area contributed by atoms with Crippen molar-refractivity contribution in [2.45, 2.75) is 56.7 Å². The van der Waals surface area contributed by atoms with Gasteiger partial charge in [0.05, 0.1) is 19.3 Å². The van der Waals surface area contributed by atoms with E-state index in [-0.39, 0.29) is 54.8 Å². The van der Waals surface area contributed by atoms with E-state index in [9.17, 15) is 22.8 Å². The van der Waals surface area contributed by atoms with E-state index in [2.05, 4.69) is 15.3 Å². The average Bonchev–Trinajstić information content (AvgIpc) is 3.35. The highest BCUT2D eigenvalue weighted by molar-refractivity contribution is 5.86.